The summed E-state index contributed by atoms with van der Waals surface area (Å²) in [5, 5.41) is 15.3. The third-order valence-corrected chi connectivity index (χ3v) is 3.13. The van der Waals surface area contributed by atoms with Crippen LogP contribution < -0.4 is 10.6 Å². The molecular weight excluding hydrogens is 256 g/mol. The number of ether oxygens (including phenoxy) is 1. The number of methoxy groups -OCH3 is 1. The topological polar surface area (TPSA) is 70.6 Å². The fourth-order valence-corrected chi connectivity index (χ4v) is 1.86. The fraction of sp³-hybridized carbons (Fsp3) is 0.933. The maximum absolute atomic E-state index is 11.3. The van der Waals surface area contributed by atoms with E-state index in [1.54, 1.807) is 7.11 Å². The number of carbonyl (C=O) groups excluding carboxylic acids is 1. The van der Waals surface area contributed by atoms with Gasteiger partial charge in [0.25, 0.3) is 0 Å². The van der Waals surface area contributed by atoms with Gasteiger partial charge in [0.15, 0.2) is 0 Å². The summed E-state index contributed by atoms with van der Waals surface area (Å²) in [6.07, 6.45) is 6.33. The molecule has 0 rings (SSSR count). The van der Waals surface area contributed by atoms with E-state index in [-0.39, 0.29) is 11.8 Å². The van der Waals surface area contributed by atoms with Gasteiger partial charge in [0.1, 0.15) is 6.23 Å². The molecule has 0 aromatic carbocycles. The van der Waals surface area contributed by atoms with E-state index in [4.69, 9.17) is 4.74 Å². The average molecular weight is 288 g/mol. The Balaban J connectivity index is 3.15. The van der Waals surface area contributed by atoms with Crippen molar-refractivity contribution in [3.05, 3.63) is 0 Å². The second kappa shape index (κ2) is 13.3. The molecule has 0 aliphatic rings. The molecule has 120 valence electrons. The number of carbonyl (C=O) groups is 1. The second-order valence-corrected chi connectivity index (χ2v) is 5.49. The van der Waals surface area contributed by atoms with Crippen molar-refractivity contribution >= 4 is 5.91 Å². The average Bonchev–Trinajstić information content (AvgIpc) is 2.40. The van der Waals surface area contributed by atoms with Gasteiger partial charge >= 0.3 is 0 Å². The quantitative estimate of drug-likeness (QED) is 0.356. The number of amides is 1. The van der Waals surface area contributed by atoms with E-state index in [0.717, 1.165) is 32.4 Å². The Labute approximate surface area is 123 Å². The summed E-state index contributed by atoms with van der Waals surface area (Å²) in [6.45, 7) is 5.78. The molecule has 0 bridgehead atoms. The smallest absolute Gasteiger partial charge is 0.222 e. The number of aliphatic hydroxyl groups excluding tert-OH is 1. The summed E-state index contributed by atoms with van der Waals surface area (Å²) in [5.74, 6) is 0.224. The van der Waals surface area contributed by atoms with Gasteiger partial charge in [0.05, 0.1) is 6.61 Å². The molecular formula is C15H32N2O3. The van der Waals surface area contributed by atoms with E-state index in [2.05, 4.69) is 10.6 Å². The number of nitrogens with one attached hydrogen (secondary N) is 2. The van der Waals surface area contributed by atoms with E-state index in [9.17, 15) is 9.90 Å². The molecule has 0 aliphatic carbocycles. The van der Waals surface area contributed by atoms with Crippen molar-refractivity contribution in [3.8, 4) is 0 Å². The maximum Gasteiger partial charge on any atom is 0.222 e. The van der Waals surface area contributed by atoms with Gasteiger partial charge in [-0.05, 0) is 19.4 Å². The summed E-state index contributed by atoms with van der Waals surface area (Å²) in [5.41, 5.74) is 0. The van der Waals surface area contributed by atoms with E-state index in [0.29, 0.717) is 6.61 Å². The molecule has 0 aliphatic heterocycles. The highest BCUT2D eigenvalue weighted by molar-refractivity contribution is 5.77. The Morgan fingerprint density at radius 3 is 2.15 bits per heavy atom. The lowest BCUT2D eigenvalue weighted by atomic mass is 10.1. The maximum atomic E-state index is 11.3. The van der Waals surface area contributed by atoms with Crippen LogP contribution in [0.3, 0.4) is 0 Å². The van der Waals surface area contributed by atoms with Gasteiger partial charge in [-0.25, -0.2) is 0 Å². The lowest BCUT2D eigenvalue weighted by molar-refractivity contribution is -0.123. The zero-order valence-electron chi connectivity index (χ0n) is 13.3. The third-order valence-electron chi connectivity index (χ3n) is 3.13. The molecule has 0 saturated carbocycles. The lowest BCUT2D eigenvalue weighted by Gasteiger charge is -2.11. The molecule has 0 aromatic rings. The molecule has 5 heteroatoms. The van der Waals surface area contributed by atoms with Crippen molar-refractivity contribution < 1.29 is 14.6 Å². The summed E-state index contributed by atoms with van der Waals surface area (Å²) < 4.78 is 4.83. The predicted octanol–water partition coefficient (Wildman–Crippen LogP) is 1.65. The van der Waals surface area contributed by atoms with Crippen molar-refractivity contribution in [1.82, 2.24) is 10.6 Å². The predicted molar refractivity (Wildman–Crippen MR) is 81.4 cm³/mol. The van der Waals surface area contributed by atoms with Crippen LogP contribution in [0.2, 0.25) is 0 Å². The SMILES string of the molecule is COCC(O)NCCCCCCCCNC(=O)C(C)C. The number of hydrogen-bond acceptors (Lipinski definition) is 4. The highest BCUT2D eigenvalue weighted by atomic mass is 16.5. The van der Waals surface area contributed by atoms with Gasteiger partial charge < -0.3 is 15.2 Å². The number of unbranched alkanes of at least 4 members (excludes halogenated alkanes) is 5. The Kier molecular flexibility index (Phi) is 12.9. The normalized spacial score (nSPS) is 12.7. The Morgan fingerprint density at radius 1 is 1.05 bits per heavy atom. The molecule has 20 heavy (non-hydrogen) atoms. The van der Waals surface area contributed by atoms with Crippen LogP contribution in [-0.2, 0) is 9.53 Å². The minimum Gasteiger partial charge on any atom is -0.381 e. The van der Waals surface area contributed by atoms with Crippen molar-refractivity contribution in [2.45, 2.75) is 58.6 Å². The van der Waals surface area contributed by atoms with Crippen molar-refractivity contribution in [1.29, 1.82) is 0 Å². The van der Waals surface area contributed by atoms with Crippen LogP contribution in [0.25, 0.3) is 0 Å². The minimum atomic E-state index is -0.551. The molecule has 3 N–H and O–H groups in total. The Hall–Kier alpha value is -0.650. The monoisotopic (exact) mass is 288 g/mol. The Morgan fingerprint density at radius 2 is 1.60 bits per heavy atom. The largest absolute Gasteiger partial charge is 0.381 e. The van der Waals surface area contributed by atoms with Crippen LogP contribution in [0.4, 0.5) is 0 Å². The van der Waals surface area contributed by atoms with E-state index < -0.39 is 6.23 Å². The second-order valence-electron chi connectivity index (χ2n) is 5.49. The van der Waals surface area contributed by atoms with Crippen molar-refractivity contribution in [3.63, 3.8) is 0 Å². The van der Waals surface area contributed by atoms with Crippen molar-refractivity contribution in [2.75, 3.05) is 26.8 Å². The van der Waals surface area contributed by atoms with Gasteiger partial charge in [-0.15, -0.1) is 0 Å². The van der Waals surface area contributed by atoms with Gasteiger partial charge in [-0.2, -0.15) is 0 Å². The summed E-state index contributed by atoms with van der Waals surface area (Å²) in [7, 11) is 1.58. The minimum absolute atomic E-state index is 0.0796. The first-order valence-corrected chi connectivity index (χ1v) is 7.76. The molecule has 0 saturated heterocycles. The first-order chi connectivity index (χ1) is 9.57. The number of aliphatic hydroxyl groups is 1. The molecule has 0 aromatic heterocycles. The van der Waals surface area contributed by atoms with E-state index in [1.165, 1.54) is 19.3 Å². The molecule has 5 nitrogen and oxygen atoms in total. The van der Waals surface area contributed by atoms with E-state index >= 15 is 0 Å². The number of hydrogen-bond donors (Lipinski definition) is 3. The van der Waals surface area contributed by atoms with Gasteiger partial charge in [0.2, 0.25) is 5.91 Å². The van der Waals surface area contributed by atoms with E-state index in [1.807, 2.05) is 13.8 Å². The first-order valence-electron chi connectivity index (χ1n) is 7.76. The van der Waals surface area contributed by atoms with Gasteiger partial charge in [0, 0.05) is 19.6 Å². The molecule has 0 radical (unpaired) electrons. The fourth-order valence-electron chi connectivity index (χ4n) is 1.86. The summed E-state index contributed by atoms with van der Waals surface area (Å²) in [4.78, 5) is 11.3. The third kappa shape index (κ3) is 12.4. The first kappa shape index (κ1) is 19.4. The van der Waals surface area contributed by atoms with Crippen LogP contribution in [0.1, 0.15) is 52.4 Å². The van der Waals surface area contributed by atoms with Crippen LogP contribution >= 0.6 is 0 Å². The Bertz CT molecular complexity index is 235. The molecule has 0 fully saturated rings. The van der Waals surface area contributed by atoms with Crippen LogP contribution in [0, 0.1) is 5.92 Å². The molecule has 1 amide bonds. The van der Waals surface area contributed by atoms with Gasteiger partial charge in [-0.1, -0.05) is 39.5 Å². The molecule has 1 atom stereocenters. The molecule has 0 heterocycles. The van der Waals surface area contributed by atoms with Crippen LogP contribution in [0.5, 0.6) is 0 Å². The number of rotatable bonds is 13. The molecule has 0 spiro atoms. The summed E-state index contributed by atoms with van der Waals surface area (Å²) >= 11 is 0. The summed E-state index contributed by atoms with van der Waals surface area (Å²) in [6, 6.07) is 0. The lowest BCUT2D eigenvalue weighted by Crippen LogP contribution is -2.33. The van der Waals surface area contributed by atoms with Crippen LogP contribution in [-0.4, -0.2) is 44.0 Å². The zero-order chi connectivity index (χ0) is 15.2. The van der Waals surface area contributed by atoms with Crippen LogP contribution in [0.15, 0.2) is 0 Å². The van der Waals surface area contributed by atoms with Crippen molar-refractivity contribution in [2.24, 2.45) is 5.92 Å². The highest BCUT2D eigenvalue weighted by Crippen LogP contribution is 2.04. The molecule has 1 unspecified atom stereocenters. The zero-order valence-corrected chi connectivity index (χ0v) is 13.3. The highest BCUT2D eigenvalue weighted by Gasteiger charge is 2.04. The standard InChI is InChI=1S/C15H32N2O3/c1-13(2)15(19)17-11-9-7-5-4-6-8-10-16-14(18)12-20-3/h13-14,16,18H,4-12H2,1-3H3,(H,17,19). The van der Waals surface area contributed by atoms with Gasteiger partial charge in [-0.3, -0.25) is 10.1 Å².